The average molecular weight is 350 g/mol. The molecule has 0 spiro atoms. The van der Waals surface area contributed by atoms with E-state index in [0.717, 1.165) is 0 Å². The van der Waals surface area contributed by atoms with E-state index >= 15 is 0 Å². The Kier molecular flexibility index (Phi) is 4.12. The fourth-order valence-corrected chi connectivity index (χ4v) is 3.51. The lowest BCUT2D eigenvalue weighted by Gasteiger charge is -2.32. The lowest BCUT2D eigenvalue weighted by atomic mass is 9.97. The molecule has 2 atom stereocenters. The van der Waals surface area contributed by atoms with E-state index in [1.54, 1.807) is 47.5 Å². The Morgan fingerprint density at radius 3 is 2.65 bits per heavy atom. The predicted molar refractivity (Wildman–Crippen MR) is 94.5 cm³/mol. The Morgan fingerprint density at radius 1 is 1.12 bits per heavy atom. The van der Waals surface area contributed by atoms with E-state index in [4.69, 9.17) is 0 Å². The summed E-state index contributed by atoms with van der Waals surface area (Å²) in [5.41, 5.74) is 1.06. The van der Waals surface area contributed by atoms with Crippen LogP contribution in [0.25, 0.3) is 0 Å². The van der Waals surface area contributed by atoms with Crippen molar-refractivity contribution in [3.8, 4) is 0 Å². The molecule has 0 unspecified atom stereocenters. The van der Waals surface area contributed by atoms with E-state index < -0.39 is 6.04 Å². The normalized spacial score (nSPS) is 22.3. The SMILES string of the molecule is O=C(N[C@H]1CCN2C(=O)N(c3ccccc3)C(=O)[C@@H]2C1)c1cccnc1. The summed E-state index contributed by atoms with van der Waals surface area (Å²) in [6, 6.07) is 11.3. The van der Waals surface area contributed by atoms with Gasteiger partial charge in [-0.1, -0.05) is 18.2 Å². The molecule has 1 N–H and O–H groups in total. The van der Waals surface area contributed by atoms with Gasteiger partial charge in [-0.05, 0) is 37.1 Å². The molecule has 26 heavy (non-hydrogen) atoms. The number of fused-ring (bicyclic) bond motifs is 1. The van der Waals surface area contributed by atoms with Crippen LogP contribution in [-0.2, 0) is 4.79 Å². The van der Waals surface area contributed by atoms with Gasteiger partial charge in [0.1, 0.15) is 6.04 Å². The third-order valence-electron chi connectivity index (χ3n) is 4.82. The highest BCUT2D eigenvalue weighted by Gasteiger charge is 2.48. The van der Waals surface area contributed by atoms with E-state index in [9.17, 15) is 14.4 Å². The van der Waals surface area contributed by atoms with E-state index in [2.05, 4.69) is 10.3 Å². The molecule has 2 aliphatic heterocycles. The number of urea groups is 1. The quantitative estimate of drug-likeness (QED) is 0.856. The van der Waals surface area contributed by atoms with E-state index in [-0.39, 0.29) is 23.9 Å². The lowest BCUT2D eigenvalue weighted by Crippen LogP contribution is -2.49. The minimum absolute atomic E-state index is 0.156. The molecule has 4 amide bonds. The molecular formula is C19H18N4O3. The number of hydrogen-bond donors (Lipinski definition) is 1. The number of carbonyl (C=O) groups is 3. The van der Waals surface area contributed by atoms with Gasteiger partial charge in [-0.15, -0.1) is 0 Å². The van der Waals surface area contributed by atoms with Crippen molar-refractivity contribution in [1.82, 2.24) is 15.2 Å². The molecule has 0 radical (unpaired) electrons. The Morgan fingerprint density at radius 2 is 1.92 bits per heavy atom. The molecule has 2 aliphatic rings. The number of amides is 4. The number of pyridine rings is 1. The predicted octanol–water partition coefficient (Wildman–Crippen LogP) is 1.81. The van der Waals surface area contributed by atoms with Gasteiger partial charge in [-0.25, -0.2) is 9.69 Å². The van der Waals surface area contributed by atoms with Crippen LogP contribution in [-0.4, -0.2) is 46.4 Å². The second-order valence-corrected chi connectivity index (χ2v) is 6.44. The number of anilines is 1. The molecular weight excluding hydrogens is 332 g/mol. The van der Waals surface area contributed by atoms with Crippen LogP contribution in [0.4, 0.5) is 10.5 Å². The third kappa shape index (κ3) is 2.81. The zero-order chi connectivity index (χ0) is 18.1. The van der Waals surface area contributed by atoms with Gasteiger partial charge in [-0.3, -0.25) is 14.6 Å². The molecule has 7 heteroatoms. The first-order chi connectivity index (χ1) is 12.6. The van der Waals surface area contributed by atoms with Crippen LogP contribution in [0.3, 0.4) is 0 Å². The number of imide groups is 1. The summed E-state index contributed by atoms with van der Waals surface area (Å²) in [7, 11) is 0. The molecule has 2 aromatic rings. The van der Waals surface area contributed by atoms with Crippen molar-refractivity contribution in [2.75, 3.05) is 11.4 Å². The van der Waals surface area contributed by atoms with E-state index in [1.807, 2.05) is 6.07 Å². The van der Waals surface area contributed by atoms with Crippen LogP contribution in [0.1, 0.15) is 23.2 Å². The Labute approximate surface area is 150 Å². The van der Waals surface area contributed by atoms with Crippen LogP contribution >= 0.6 is 0 Å². The maximum Gasteiger partial charge on any atom is 0.332 e. The monoisotopic (exact) mass is 350 g/mol. The fourth-order valence-electron chi connectivity index (χ4n) is 3.51. The van der Waals surface area contributed by atoms with Crippen molar-refractivity contribution in [1.29, 1.82) is 0 Å². The number of rotatable bonds is 3. The molecule has 2 fully saturated rings. The zero-order valence-electron chi connectivity index (χ0n) is 14.0. The van der Waals surface area contributed by atoms with Gasteiger partial charge >= 0.3 is 6.03 Å². The number of piperidine rings is 1. The van der Waals surface area contributed by atoms with E-state index in [0.29, 0.717) is 30.6 Å². The van der Waals surface area contributed by atoms with Crippen molar-refractivity contribution < 1.29 is 14.4 Å². The topological polar surface area (TPSA) is 82.6 Å². The van der Waals surface area contributed by atoms with Crippen molar-refractivity contribution in [2.24, 2.45) is 0 Å². The van der Waals surface area contributed by atoms with Crippen LogP contribution < -0.4 is 10.2 Å². The van der Waals surface area contributed by atoms with Crippen LogP contribution in [0.15, 0.2) is 54.9 Å². The first kappa shape index (κ1) is 16.3. The fraction of sp³-hybridized carbons (Fsp3) is 0.263. The van der Waals surface area contributed by atoms with Gasteiger partial charge in [-0.2, -0.15) is 0 Å². The van der Waals surface area contributed by atoms with Crippen LogP contribution in [0.5, 0.6) is 0 Å². The lowest BCUT2D eigenvalue weighted by molar-refractivity contribution is -0.120. The van der Waals surface area contributed by atoms with Crippen molar-refractivity contribution in [3.05, 3.63) is 60.4 Å². The van der Waals surface area contributed by atoms with Crippen molar-refractivity contribution in [2.45, 2.75) is 24.9 Å². The highest BCUT2D eigenvalue weighted by Crippen LogP contribution is 2.30. The van der Waals surface area contributed by atoms with Gasteiger partial charge < -0.3 is 10.2 Å². The molecule has 132 valence electrons. The Hall–Kier alpha value is -3.22. The van der Waals surface area contributed by atoms with Crippen molar-refractivity contribution in [3.63, 3.8) is 0 Å². The number of benzene rings is 1. The van der Waals surface area contributed by atoms with Gasteiger partial charge in [0, 0.05) is 25.0 Å². The van der Waals surface area contributed by atoms with Crippen LogP contribution in [0.2, 0.25) is 0 Å². The number of aromatic nitrogens is 1. The summed E-state index contributed by atoms with van der Waals surface area (Å²) in [4.78, 5) is 44.5. The second kappa shape index (κ2) is 6.59. The first-order valence-corrected chi connectivity index (χ1v) is 8.55. The number of para-hydroxylation sites is 1. The summed E-state index contributed by atoms with van der Waals surface area (Å²) in [5.74, 6) is -0.449. The van der Waals surface area contributed by atoms with Gasteiger partial charge in [0.25, 0.3) is 11.8 Å². The number of carbonyl (C=O) groups excluding carboxylic acids is 3. The van der Waals surface area contributed by atoms with Gasteiger partial charge in [0.05, 0.1) is 11.3 Å². The molecule has 0 aliphatic carbocycles. The second-order valence-electron chi connectivity index (χ2n) is 6.44. The zero-order valence-corrected chi connectivity index (χ0v) is 14.0. The molecule has 0 bridgehead atoms. The number of nitrogens with one attached hydrogen (secondary N) is 1. The number of nitrogens with zero attached hydrogens (tertiary/aromatic N) is 3. The Bertz CT molecular complexity index is 840. The molecule has 0 saturated carbocycles. The molecule has 1 aromatic heterocycles. The highest BCUT2D eigenvalue weighted by molar-refractivity contribution is 6.21. The standard InChI is InChI=1S/C19H18N4O3/c24-17(13-5-4-9-20-12-13)21-14-8-10-22-16(11-14)18(25)23(19(22)26)15-6-2-1-3-7-15/h1-7,9,12,14,16H,8,10-11H2,(H,21,24)/t14-,16-/m0/s1. The number of hydrogen-bond acceptors (Lipinski definition) is 4. The maximum atomic E-state index is 12.8. The molecule has 1 aromatic carbocycles. The smallest absolute Gasteiger partial charge is 0.332 e. The summed E-state index contributed by atoms with van der Waals surface area (Å²) < 4.78 is 0. The van der Waals surface area contributed by atoms with E-state index in [1.165, 1.54) is 11.1 Å². The highest BCUT2D eigenvalue weighted by atomic mass is 16.2. The molecule has 3 heterocycles. The minimum Gasteiger partial charge on any atom is -0.349 e. The van der Waals surface area contributed by atoms with Gasteiger partial charge in [0.2, 0.25) is 0 Å². The van der Waals surface area contributed by atoms with Gasteiger partial charge in [0.15, 0.2) is 0 Å². The molecule has 4 rings (SSSR count). The summed E-state index contributed by atoms with van der Waals surface area (Å²) >= 11 is 0. The largest absolute Gasteiger partial charge is 0.349 e. The van der Waals surface area contributed by atoms with Crippen LogP contribution in [0, 0.1) is 0 Å². The summed E-state index contributed by atoms with van der Waals surface area (Å²) in [6.45, 7) is 0.441. The summed E-state index contributed by atoms with van der Waals surface area (Å²) in [6.07, 6.45) is 4.14. The maximum absolute atomic E-state index is 12.8. The van der Waals surface area contributed by atoms with Crippen molar-refractivity contribution >= 4 is 23.5 Å². The average Bonchev–Trinajstić information content (AvgIpc) is 2.93. The molecule has 2 saturated heterocycles. The molecule has 7 nitrogen and oxygen atoms in total. The third-order valence-corrected chi connectivity index (χ3v) is 4.82. The Balaban J connectivity index is 1.48. The first-order valence-electron chi connectivity index (χ1n) is 8.55. The summed E-state index contributed by atoms with van der Waals surface area (Å²) in [5, 5.41) is 2.95. The minimum atomic E-state index is -0.532.